The Morgan fingerprint density at radius 3 is 1.95 bits per heavy atom. The Hall–Kier alpha value is -4.27. The van der Waals surface area contributed by atoms with E-state index in [0.29, 0.717) is 6.61 Å². The van der Waals surface area contributed by atoms with Crippen LogP contribution in [0.5, 0.6) is 0 Å². The highest BCUT2D eigenvalue weighted by Crippen LogP contribution is 2.34. The van der Waals surface area contributed by atoms with E-state index in [1.54, 1.807) is 24.3 Å². The molecule has 0 unspecified atom stereocenters. The van der Waals surface area contributed by atoms with Gasteiger partial charge in [-0.1, -0.05) is 72.8 Å². The van der Waals surface area contributed by atoms with Crippen LogP contribution in [0, 0.1) is 0 Å². The molecule has 2 aliphatic heterocycles. The summed E-state index contributed by atoms with van der Waals surface area (Å²) in [6, 6.07) is 25.7. The first kappa shape index (κ1) is 25.4. The smallest absolute Gasteiger partial charge is 0.303 e. The first-order valence-corrected chi connectivity index (χ1v) is 12.3. The van der Waals surface area contributed by atoms with Crippen molar-refractivity contribution in [2.24, 2.45) is 0 Å². The van der Waals surface area contributed by atoms with E-state index in [1.165, 1.54) is 13.2 Å². The van der Waals surface area contributed by atoms with Crippen LogP contribution in [-0.4, -0.2) is 47.6 Å². The SMILES string of the molecule is CC(=O)O[C@@H]1[C@H](OCc2ccccc2)C(N2C(=O)c3ccccc3C2=O)=CO[C@@H]1COCc1ccccc1. The standard InChI is InChI=1S/C30H27NO7/c1-20(32)38-28-26(19-35-16-21-10-4-2-5-11-21)36-18-25(27(28)37-17-22-12-6-3-7-13-22)31-29(33)23-14-8-9-15-24(23)30(31)34/h2-15,18,26-28H,16-17,19H2,1H3/t26-,27-,28+/m1/s1. The molecule has 2 amide bonds. The van der Waals surface area contributed by atoms with Gasteiger partial charge >= 0.3 is 5.97 Å². The molecular formula is C30H27NO7. The van der Waals surface area contributed by atoms with Gasteiger partial charge in [0.25, 0.3) is 11.8 Å². The molecule has 5 rings (SSSR count). The minimum Gasteiger partial charge on any atom is -0.490 e. The van der Waals surface area contributed by atoms with E-state index in [4.69, 9.17) is 18.9 Å². The predicted octanol–water partition coefficient (Wildman–Crippen LogP) is 4.26. The number of amides is 2. The van der Waals surface area contributed by atoms with Crippen LogP contribution in [-0.2, 0) is 37.0 Å². The lowest BCUT2D eigenvalue weighted by Crippen LogP contribution is -2.52. The number of hydrogen-bond donors (Lipinski definition) is 0. The molecule has 194 valence electrons. The van der Waals surface area contributed by atoms with Gasteiger partial charge in [-0.15, -0.1) is 0 Å². The van der Waals surface area contributed by atoms with Crippen LogP contribution in [0.2, 0.25) is 0 Å². The predicted molar refractivity (Wildman–Crippen MR) is 137 cm³/mol. The van der Waals surface area contributed by atoms with Crippen LogP contribution in [0.3, 0.4) is 0 Å². The summed E-state index contributed by atoms with van der Waals surface area (Å²) < 4.78 is 23.8. The van der Waals surface area contributed by atoms with Gasteiger partial charge in [0, 0.05) is 6.92 Å². The number of hydrogen-bond acceptors (Lipinski definition) is 7. The molecule has 2 heterocycles. The summed E-state index contributed by atoms with van der Waals surface area (Å²) in [4.78, 5) is 39.8. The van der Waals surface area contributed by atoms with E-state index >= 15 is 0 Å². The molecule has 8 heteroatoms. The zero-order valence-corrected chi connectivity index (χ0v) is 20.8. The number of imide groups is 1. The number of carbonyl (C=O) groups excluding carboxylic acids is 3. The quantitative estimate of drug-likeness (QED) is 0.312. The molecule has 0 aliphatic carbocycles. The highest BCUT2D eigenvalue weighted by molar-refractivity contribution is 6.22. The topological polar surface area (TPSA) is 91.4 Å². The fourth-order valence-electron chi connectivity index (χ4n) is 4.54. The molecule has 0 N–H and O–H groups in total. The van der Waals surface area contributed by atoms with Gasteiger partial charge in [0.2, 0.25) is 0 Å². The molecular weight excluding hydrogens is 486 g/mol. The summed E-state index contributed by atoms with van der Waals surface area (Å²) in [6.45, 7) is 1.86. The summed E-state index contributed by atoms with van der Waals surface area (Å²) in [5.41, 5.74) is 2.60. The number of benzene rings is 3. The summed E-state index contributed by atoms with van der Waals surface area (Å²) >= 11 is 0. The van der Waals surface area contributed by atoms with Crippen molar-refractivity contribution in [3.05, 3.63) is 119 Å². The van der Waals surface area contributed by atoms with Gasteiger partial charge < -0.3 is 18.9 Å². The molecule has 0 bridgehead atoms. The van der Waals surface area contributed by atoms with Crippen LogP contribution in [0.15, 0.2) is 96.9 Å². The van der Waals surface area contributed by atoms with E-state index in [-0.39, 0.29) is 30.0 Å². The second-order valence-electron chi connectivity index (χ2n) is 9.00. The Labute approximate surface area is 220 Å². The van der Waals surface area contributed by atoms with Gasteiger partial charge in [-0.25, -0.2) is 4.90 Å². The fraction of sp³-hybridized carbons (Fsp3) is 0.233. The number of carbonyl (C=O) groups is 3. The Bertz CT molecular complexity index is 1300. The maximum Gasteiger partial charge on any atom is 0.303 e. The number of esters is 1. The average molecular weight is 514 g/mol. The van der Waals surface area contributed by atoms with Crippen molar-refractivity contribution in [2.45, 2.75) is 38.4 Å². The number of ether oxygens (including phenoxy) is 4. The molecule has 38 heavy (non-hydrogen) atoms. The lowest BCUT2D eigenvalue weighted by atomic mass is 10.0. The zero-order chi connectivity index (χ0) is 26.5. The van der Waals surface area contributed by atoms with Crippen LogP contribution in [0.4, 0.5) is 0 Å². The summed E-state index contributed by atoms with van der Waals surface area (Å²) in [7, 11) is 0. The molecule has 0 saturated heterocycles. The van der Waals surface area contributed by atoms with E-state index in [1.807, 2.05) is 60.7 Å². The molecule has 3 atom stereocenters. The van der Waals surface area contributed by atoms with E-state index in [9.17, 15) is 14.4 Å². The largest absolute Gasteiger partial charge is 0.490 e. The van der Waals surface area contributed by atoms with Crippen LogP contribution in [0.25, 0.3) is 0 Å². The molecule has 0 fully saturated rings. The van der Waals surface area contributed by atoms with Crippen molar-refractivity contribution in [3.63, 3.8) is 0 Å². The first-order valence-electron chi connectivity index (χ1n) is 12.3. The molecule has 8 nitrogen and oxygen atoms in total. The van der Waals surface area contributed by atoms with Gasteiger partial charge in [-0.3, -0.25) is 14.4 Å². The van der Waals surface area contributed by atoms with Crippen molar-refractivity contribution in [1.29, 1.82) is 0 Å². The second kappa shape index (κ2) is 11.4. The Morgan fingerprint density at radius 1 is 0.816 bits per heavy atom. The first-order chi connectivity index (χ1) is 18.5. The van der Waals surface area contributed by atoms with E-state index in [0.717, 1.165) is 16.0 Å². The molecule has 0 aromatic heterocycles. The molecule has 0 radical (unpaired) electrons. The summed E-state index contributed by atoms with van der Waals surface area (Å²) in [5.74, 6) is -1.54. The molecule has 0 saturated carbocycles. The van der Waals surface area contributed by atoms with Gasteiger partial charge in [0.05, 0.1) is 36.6 Å². The maximum atomic E-state index is 13.3. The second-order valence-corrected chi connectivity index (χ2v) is 9.00. The monoisotopic (exact) mass is 513 g/mol. The Balaban J connectivity index is 1.43. The Kier molecular flexibility index (Phi) is 7.62. The normalized spacial score (nSPS) is 20.5. The fourth-order valence-corrected chi connectivity index (χ4v) is 4.54. The summed E-state index contributed by atoms with van der Waals surface area (Å²) in [6.07, 6.45) is -1.34. The molecule has 3 aromatic carbocycles. The number of rotatable bonds is 9. The minimum absolute atomic E-state index is 0.0872. The lowest BCUT2D eigenvalue weighted by Gasteiger charge is -2.38. The minimum atomic E-state index is -0.976. The van der Waals surface area contributed by atoms with Gasteiger partial charge in [-0.05, 0) is 23.3 Å². The molecule has 2 aliphatic rings. The van der Waals surface area contributed by atoms with Gasteiger partial charge in [0.15, 0.2) is 12.2 Å². The van der Waals surface area contributed by atoms with Crippen LogP contribution >= 0.6 is 0 Å². The number of nitrogens with zero attached hydrogens (tertiary/aromatic N) is 1. The van der Waals surface area contributed by atoms with Crippen molar-refractivity contribution < 1.29 is 33.3 Å². The van der Waals surface area contributed by atoms with E-state index in [2.05, 4.69) is 0 Å². The maximum absolute atomic E-state index is 13.3. The van der Waals surface area contributed by atoms with Crippen LogP contribution < -0.4 is 0 Å². The lowest BCUT2D eigenvalue weighted by molar-refractivity contribution is -0.175. The number of fused-ring (bicyclic) bond motifs is 1. The molecule has 3 aromatic rings. The van der Waals surface area contributed by atoms with Crippen molar-refractivity contribution in [1.82, 2.24) is 4.90 Å². The van der Waals surface area contributed by atoms with Crippen molar-refractivity contribution >= 4 is 17.8 Å². The zero-order valence-electron chi connectivity index (χ0n) is 20.8. The third-order valence-electron chi connectivity index (χ3n) is 6.34. The van der Waals surface area contributed by atoms with Gasteiger partial charge in [-0.2, -0.15) is 0 Å². The third-order valence-corrected chi connectivity index (χ3v) is 6.34. The molecule has 0 spiro atoms. The van der Waals surface area contributed by atoms with Crippen molar-refractivity contribution in [2.75, 3.05) is 6.61 Å². The third kappa shape index (κ3) is 5.37. The average Bonchev–Trinajstić information content (AvgIpc) is 3.19. The van der Waals surface area contributed by atoms with Crippen LogP contribution in [0.1, 0.15) is 38.8 Å². The highest BCUT2D eigenvalue weighted by atomic mass is 16.6. The summed E-state index contributed by atoms with van der Waals surface area (Å²) in [5, 5.41) is 0. The van der Waals surface area contributed by atoms with Crippen molar-refractivity contribution in [3.8, 4) is 0 Å². The van der Waals surface area contributed by atoms with Gasteiger partial charge in [0.1, 0.15) is 12.4 Å². The Morgan fingerprint density at radius 2 is 1.37 bits per heavy atom. The highest BCUT2D eigenvalue weighted by Gasteiger charge is 2.48. The van der Waals surface area contributed by atoms with E-state index < -0.39 is 36.1 Å².